The predicted molar refractivity (Wildman–Crippen MR) is 185 cm³/mol. The first-order chi connectivity index (χ1) is 22.3. The summed E-state index contributed by atoms with van der Waals surface area (Å²) in [6.07, 6.45) is 17.5. The molecule has 11 heteroatoms. The van der Waals surface area contributed by atoms with Crippen LogP contribution in [0.2, 0.25) is 0 Å². The maximum atomic E-state index is 12.5. The van der Waals surface area contributed by atoms with Gasteiger partial charge in [0.15, 0.2) is 5.78 Å². The summed E-state index contributed by atoms with van der Waals surface area (Å²) in [5.41, 5.74) is -1.09. The van der Waals surface area contributed by atoms with Gasteiger partial charge in [0.05, 0.1) is 19.8 Å². The summed E-state index contributed by atoms with van der Waals surface area (Å²) in [6, 6.07) is -0.133. The number of unbranched alkanes of at least 4 members (excludes halogenated alkanes) is 13. The molecule has 4 N–H and O–H groups in total. The molecule has 1 atom stereocenters. The van der Waals surface area contributed by atoms with Gasteiger partial charge in [-0.3, -0.25) is 24.0 Å². The normalized spacial score (nSPS) is 12.1. The topological polar surface area (TPSA) is 160 Å². The number of ketones is 1. The van der Waals surface area contributed by atoms with Crippen LogP contribution in [0.15, 0.2) is 0 Å². The molecule has 0 aliphatic heterocycles. The van der Waals surface area contributed by atoms with Crippen LogP contribution in [0.4, 0.5) is 0 Å². The number of hydrogen-bond donors (Lipinski definition) is 4. The zero-order valence-corrected chi connectivity index (χ0v) is 30.2. The van der Waals surface area contributed by atoms with Crippen molar-refractivity contribution in [1.29, 1.82) is 0 Å². The minimum absolute atomic E-state index is 0.0114. The first-order valence-corrected chi connectivity index (χ1v) is 18.1. The summed E-state index contributed by atoms with van der Waals surface area (Å²) in [6.45, 7) is 10.1. The van der Waals surface area contributed by atoms with Crippen LogP contribution in [0.25, 0.3) is 0 Å². The third-order valence-electron chi connectivity index (χ3n) is 8.07. The van der Waals surface area contributed by atoms with E-state index in [0.717, 1.165) is 38.5 Å². The largest absolute Gasteiger partial charge is 0.481 e. The Morgan fingerprint density at radius 2 is 1.13 bits per heavy atom. The Morgan fingerprint density at radius 1 is 0.638 bits per heavy atom. The molecule has 0 saturated heterocycles. The monoisotopic (exact) mass is 669 g/mol. The molecule has 47 heavy (non-hydrogen) atoms. The third kappa shape index (κ3) is 28.2. The molecule has 0 aliphatic carbocycles. The summed E-state index contributed by atoms with van der Waals surface area (Å²) in [4.78, 5) is 59.3. The molecule has 0 aromatic rings. The van der Waals surface area contributed by atoms with Gasteiger partial charge in [0.1, 0.15) is 12.1 Å². The van der Waals surface area contributed by atoms with Gasteiger partial charge in [0, 0.05) is 37.8 Å². The van der Waals surface area contributed by atoms with Gasteiger partial charge in [-0.1, -0.05) is 90.9 Å². The number of carbonyl (C=O) groups excluding carboxylic acids is 4. The fraction of sp³-hybridized carbons (Fsp3) is 0.861. The number of carboxylic acids is 1. The van der Waals surface area contributed by atoms with Crippen LogP contribution in [0.5, 0.6) is 0 Å². The number of carbonyl (C=O) groups is 5. The molecule has 0 spiro atoms. The van der Waals surface area contributed by atoms with Gasteiger partial charge in [-0.05, 0) is 40.0 Å². The minimum Gasteiger partial charge on any atom is -0.481 e. The highest BCUT2D eigenvalue weighted by Crippen LogP contribution is 2.14. The first-order valence-electron chi connectivity index (χ1n) is 18.1. The van der Waals surface area contributed by atoms with Crippen molar-refractivity contribution in [3.8, 4) is 0 Å². The van der Waals surface area contributed by atoms with E-state index in [1.54, 1.807) is 13.8 Å². The van der Waals surface area contributed by atoms with Crippen molar-refractivity contribution in [2.24, 2.45) is 5.92 Å². The zero-order chi connectivity index (χ0) is 35.3. The number of carboxylic acid groups (broad SMARTS) is 1. The first kappa shape index (κ1) is 44.5. The van der Waals surface area contributed by atoms with Crippen LogP contribution in [-0.2, 0) is 33.4 Å². The van der Waals surface area contributed by atoms with E-state index < -0.39 is 11.5 Å². The van der Waals surface area contributed by atoms with Crippen LogP contribution in [0.1, 0.15) is 150 Å². The molecular weight excluding hydrogens is 602 g/mol. The number of ether oxygens (including phenoxy) is 2. The SMILES string of the molecule is CC(C)C(=O)COCCOCCNC(=O)C(C)(C)NC(=O)CC[C@@H](C)NC(=O)CCCCCCCCCCCCCCCCC(=O)O. The lowest BCUT2D eigenvalue weighted by atomic mass is 10.0. The Hall–Kier alpha value is -2.53. The minimum atomic E-state index is -1.09. The van der Waals surface area contributed by atoms with E-state index in [1.165, 1.54) is 51.4 Å². The molecule has 3 amide bonds. The second-order valence-electron chi connectivity index (χ2n) is 13.6. The Balaban J connectivity index is 3.76. The fourth-order valence-electron chi connectivity index (χ4n) is 4.93. The molecule has 11 nitrogen and oxygen atoms in total. The third-order valence-corrected chi connectivity index (χ3v) is 8.07. The van der Waals surface area contributed by atoms with E-state index in [4.69, 9.17) is 14.6 Å². The van der Waals surface area contributed by atoms with Crippen molar-refractivity contribution in [3.63, 3.8) is 0 Å². The maximum absolute atomic E-state index is 12.5. The standard InChI is InChI=1S/C36H67N3O8/c1-29(2)31(40)28-47-27-26-46-25-24-37-35(45)36(4,5)39-33(42)23-22-30(3)38-32(41)20-18-16-14-12-10-8-6-7-9-11-13-15-17-19-21-34(43)44/h29-30H,6-28H2,1-5H3,(H,37,45)(H,38,41)(H,39,42)(H,43,44)/t30-/m1/s1. The van der Waals surface area contributed by atoms with Crippen molar-refractivity contribution < 1.29 is 38.6 Å². The van der Waals surface area contributed by atoms with Crippen LogP contribution < -0.4 is 16.0 Å². The highest BCUT2D eigenvalue weighted by Gasteiger charge is 2.29. The Morgan fingerprint density at radius 3 is 1.64 bits per heavy atom. The van der Waals surface area contributed by atoms with Gasteiger partial charge in [0.25, 0.3) is 0 Å². The quantitative estimate of drug-likeness (QED) is 0.0648. The van der Waals surface area contributed by atoms with E-state index in [1.807, 2.05) is 20.8 Å². The number of hydrogen-bond acceptors (Lipinski definition) is 7. The lowest BCUT2D eigenvalue weighted by Crippen LogP contribution is -2.55. The molecular formula is C36H67N3O8. The van der Waals surface area contributed by atoms with E-state index in [-0.39, 0.29) is 61.6 Å². The molecule has 0 heterocycles. The van der Waals surface area contributed by atoms with Crippen LogP contribution in [0.3, 0.4) is 0 Å². The Labute approximate surface area is 284 Å². The Kier molecular flexibility index (Phi) is 26.9. The van der Waals surface area contributed by atoms with Crippen molar-refractivity contribution in [3.05, 3.63) is 0 Å². The number of rotatable bonds is 32. The van der Waals surface area contributed by atoms with Crippen LogP contribution >= 0.6 is 0 Å². The van der Waals surface area contributed by atoms with E-state index in [9.17, 15) is 24.0 Å². The lowest BCUT2D eigenvalue weighted by molar-refractivity contribution is -0.137. The zero-order valence-electron chi connectivity index (χ0n) is 30.2. The maximum Gasteiger partial charge on any atom is 0.303 e. The summed E-state index contributed by atoms with van der Waals surface area (Å²) in [5, 5.41) is 17.1. The van der Waals surface area contributed by atoms with Gasteiger partial charge in [-0.15, -0.1) is 0 Å². The summed E-state index contributed by atoms with van der Waals surface area (Å²) in [7, 11) is 0. The summed E-state index contributed by atoms with van der Waals surface area (Å²) < 4.78 is 10.7. The van der Waals surface area contributed by atoms with Crippen molar-refractivity contribution in [1.82, 2.24) is 16.0 Å². The highest BCUT2D eigenvalue weighted by molar-refractivity contribution is 5.90. The van der Waals surface area contributed by atoms with Crippen molar-refractivity contribution in [2.45, 2.75) is 162 Å². The molecule has 0 aromatic heterocycles. The average molecular weight is 670 g/mol. The molecule has 0 radical (unpaired) electrons. The Bertz CT molecular complexity index is 878. The molecule has 0 aromatic carbocycles. The van der Waals surface area contributed by atoms with Crippen LogP contribution in [-0.4, -0.2) is 79.1 Å². The van der Waals surface area contributed by atoms with Gasteiger partial charge < -0.3 is 30.5 Å². The molecule has 0 bridgehead atoms. The van der Waals surface area contributed by atoms with Gasteiger partial charge in [-0.25, -0.2) is 0 Å². The van der Waals surface area contributed by atoms with E-state index in [2.05, 4.69) is 16.0 Å². The van der Waals surface area contributed by atoms with Crippen molar-refractivity contribution in [2.75, 3.05) is 33.0 Å². The van der Waals surface area contributed by atoms with Crippen LogP contribution in [0, 0.1) is 5.92 Å². The molecule has 0 aliphatic rings. The summed E-state index contributed by atoms with van der Waals surface area (Å²) >= 11 is 0. The highest BCUT2D eigenvalue weighted by atomic mass is 16.5. The predicted octanol–water partition coefficient (Wildman–Crippen LogP) is 5.87. The summed E-state index contributed by atoms with van der Waals surface area (Å²) in [5.74, 6) is -1.26. The molecule has 274 valence electrons. The fourth-order valence-corrected chi connectivity index (χ4v) is 4.93. The molecule has 0 rings (SSSR count). The van der Waals surface area contributed by atoms with Crippen molar-refractivity contribution >= 4 is 29.5 Å². The number of Topliss-reactive ketones (excluding diaryl/α,β-unsaturated/α-hetero) is 1. The van der Waals surface area contributed by atoms with Gasteiger partial charge in [0.2, 0.25) is 17.7 Å². The number of amides is 3. The van der Waals surface area contributed by atoms with Gasteiger partial charge >= 0.3 is 5.97 Å². The smallest absolute Gasteiger partial charge is 0.303 e. The molecule has 0 unspecified atom stereocenters. The molecule has 0 saturated carbocycles. The lowest BCUT2D eigenvalue weighted by Gasteiger charge is -2.25. The average Bonchev–Trinajstić information content (AvgIpc) is 3.00. The van der Waals surface area contributed by atoms with E-state index in [0.29, 0.717) is 32.5 Å². The van der Waals surface area contributed by atoms with Gasteiger partial charge in [-0.2, -0.15) is 0 Å². The van der Waals surface area contributed by atoms with E-state index >= 15 is 0 Å². The second-order valence-corrected chi connectivity index (χ2v) is 13.6. The second kappa shape index (κ2) is 28.5. The number of nitrogens with one attached hydrogen (secondary N) is 3. The molecule has 0 fully saturated rings. The number of aliphatic carboxylic acids is 1.